The summed E-state index contributed by atoms with van der Waals surface area (Å²) < 4.78 is 44.3. The summed E-state index contributed by atoms with van der Waals surface area (Å²) in [5.74, 6) is -1.36. The molecule has 0 atom stereocenters. The summed E-state index contributed by atoms with van der Waals surface area (Å²) in [5.41, 5.74) is 0.412. The van der Waals surface area contributed by atoms with Gasteiger partial charge in [0.25, 0.3) is 10.0 Å². The van der Waals surface area contributed by atoms with Gasteiger partial charge in [-0.3, -0.25) is 4.72 Å². The first-order valence-electron chi connectivity index (χ1n) is 5.66. The van der Waals surface area contributed by atoms with Crippen LogP contribution in [0.2, 0.25) is 0 Å². The number of esters is 1. The van der Waals surface area contributed by atoms with Crippen LogP contribution < -0.4 is 4.72 Å². The standard InChI is InChI=1S/C12H11FN2O4S2/c1-7-6-20-10(12(16)19-2)11(7)21(17,18)15-9-4-3-8(13)5-14-9/h3-6H,1-2H3,(H,14,15). The van der Waals surface area contributed by atoms with Crippen LogP contribution in [0.4, 0.5) is 10.2 Å². The largest absolute Gasteiger partial charge is 0.465 e. The third-order valence-electron chi connectivity index (χ3n) is 2.52. The highest BCUT2D eigenvalue weighted by atomic mass is 32.2. The van der Waals surface area contributed by atoms with Gasteiger partial charge in [-0.25, -0.2) is 22.6 Å². The molecule has 21 heavy (non-hydrogen) atoms. The molecule has 9 heteroatoms. The molecule has 2 heterocycles. The van der Waals surface area contributed by atoms with Crippen LogP contribution in [-0.2, 0) is 14.8 Å². The van der Waals surface area contributed by atoms with E-state index in [4.69, 9.17) is 0 Å². The number of methoxy groups -OCH3 is 1. The van der Waals surface area contributed by atoms with E-state index in [0.29, 0.717) is 5.56 Å². The van der Waals surface area contributed by atoms with Crippen molar-refractivity contribution in [2.45, 2.75) is 11.8 Å². The van der Waals surface area contributed by atoms with Crippen LogP contribution in [0.5, 0.6) is 0 Å². The lowest BCUT2D eigenvalue weighted by molar-refractivity contribution is 0.0602. The van der Waals surface area contributed by atoms with Crippen LogP contribution in [0.1, 0.15) is 15.2 Å². The minimum atomic E-state index is -4.02. The Hall–Kier alpha value is -2.00. The van der Waals surface area contributed by atoms with E-state index >= 15 is 0 Å². The van der Waals surface area contributed by atoms with Gasteiger partial charge in [-0.05, 0) is 30.0 Å². The molecule has 0 saturated carbocycles. The van der Waals surface area contributed by atoms with Gasteiger partial charge in [0.1, 0.15) is 21.4 Å². The van der Waals surface area contributed by atoms with Gasteiger partial charge in [0.05, 0.1) is 13.3 Å². The second-order valence-corrected chi connectivity index (χ2v) is 6.53. The molecule has 112 valence electrons. The monoisotopic (exact) mass is 330 g/mol. The molecule has 0 aliphatic rings. The lowest BCUT2D eigenvalue weighted by Crippen LogP contribution is -2.17. The van der Waals surface area contributed by atoms with Crippen molar-refractivity contribution in [2.75, 3.05) is 11.8 Å². The Kier molecular flexibility index (Phi) is 4.24. The molecule has 0 radical (unpaired) electrons. The van der Waals surface area contributed by atoms with Crippen molar-refractivity contribution in [1.82, 2.24) is 4.98 Å². The summed E-state index contributed by atoms with van der Waals surface area (Å²) in [6, 6.07) is 2.26. The zero-order chi connectivity index (χ0) is 15.6. The first-order chi connectivity index (χ1) is 9.85. The number of anilines is 1. The number of thiophene rings is 1. The topological polar surface area (TPSA) is 85.4 Å². The number of ether oxygens (including phenoxy) is 1. The van der Waals surface area contributed by atoms with Gasteiger partial charge in [0.15, 0.2) is 0 Å². The van der Waals surface area contributed by atoms with Crippen molar-refractivity contribution in [1.29, 1.82) is 0 Å². The molecule has 0 aliphatic carbocycles. The third-order valence-corrected chi connectivity index (χ3v) is 5.27. The number of aromatic nitrogens is 1. The number of nitrogens with zero attached hydrogens (tertiary/aromatic N) is 1. The fraction of sp³-hybridized carbons (Fsp3) is 0.167. The molecule has 0 fully saturated rings. The van der Waals surface area contributed by atoms with E-state index in [-0.39, 0.29) is 15.6 Å². The lowest BCUT2D eigenvalue weighted by Gasteiger charge is -2.08. The molecular formula is C12H11FN2O4S2. The predicted octanol–water partition coefficient (Wildman–Crippen LogP) is 2.18. The summed E-state index contributed by atoms with van der Waals surface area (Å²) in [5, 5.41) is 1.54. The smallest absolute Gasteiger partial charge is 0.349 e. The summed E-state index contributed by atoms with van der Waals surface area (Å²) in [6.07, 6.45) is 0.888. The number of carbonyl (C=O) groups is 1. The molecule has 0 amide bonds. The van der Waals surface area contributed by atoms with E-state index in [0.717, 1.165) is 23.6 Å². The second-order valence-electron chi connectivity index (χ2n) is 4.04. The van der Waals surface area contributed by atoms with Crippen molar-refractivity contribution in [2.24, 2.45) is 0 Å². The Balaban J connectivity index is 2.42. The number of sulfonamides is 1. The molecule has 2 aromatic heterocycles. The number of hydrogen-bond donors (Lipinski definition) is 1. The Labute approximate surface area is 124 Å². The van der Waals surface area contributed by atoms with Crippen molar-refractivity contribution >= 4 is 33.1 Å². The highest BCUT2D eigenvalue weighted by molar-refractivity contribution is 7.93. The van der Waals surface area contributed by atoms with E-state index in [1.54, 1.807) is 12.3 Å². The minimum absolute atomic E-state index is 0.0235. The Morgan fingerprint density at radius 1 is 1.43 bits per heavy atom. The molecule has 0 aromatic carbocycles. The maximum Gasteiger partial charge on any atom is 0.349 e. The number of carbonyl (C=O) groups excluding carboxylic acids is 1. The number of halogens is 1. The zero-order valence-corrected chi connectivity index (χ0v) is 12.7. The molecule has 0 bridgehead atoms. The van der Waals surface area contributed by atoms with Gasteiger partial charge in [-0.2, -0.15) is 0 Å². The SMILES string of the molecule is COC(=O)c1scc(C)c1S(=O)(=O)Nc1ccc(F)cn1. The molecular weight excluding hydrogens is 319 g/mol. The Morgan fingerprint density at radius 3 is 2.71 bits per heavy atom. The second kappa shape index (κ2) is 5.78. The van der Waals surface area contributed by atoms with Crippen LogP contribution in [0.25, 0.3) is 0 Å². The van der Waals surface area contributed by atoms with Gasteiger partial charge in [-0.15, -0.1) is 11.3 Å². The Morgan fingerprint density at radius 2 is 2.14 bits per heavy atom. The fourth-order valence-corrected chi connectivity index (χ4v) is 4.34. The first kappa shape index (κ1) is 15.4. The van der Waals surface area contributed by atoms with Gasteiger partial charge < -0.3 is 4.74 Å². The highest BCUT2D eigenvalue weighted by Crippen LogP contribution is 2.28. The van der Waals surface area contributed by atoms with Crippen molar-refractivity contribution in [3.63, 3.8) is 0 Å². The van der Waals surface area contributed by atoms with Crippen LogP contribution >= 0.6 is 11.3 Å². The van der Waals surface area contributed by atoms with E-state index in [2.05, 4.69) is 14.4 Å². The quantitative estimate of drug-likeness (QED) is 0.869. The van der Waals surface area contributed by atoms with Gasteiger partial charge in [0.2, 0.25) is 0 Å². The van der Waals surface area contributed by atoms with Crippen molar-refractivity contribution in [3.05, 3.63) is 40.0 Å². The molecule has 0 unspecified atom stereocenters. The maximum atomic E-state index is 12.8. The lowest BCUT2D eigenvalue weighted by atomic mass is 10.3. The predicted molar refractivity (Wildman–Crippen MR) is 75.4 cm³/mol. The molecule has 2 rings (SSSR count). The van der Waals surface area contributed by atoms with Gasteiger partial charge >= 0.3 is 5.97 Å². The van der Waals surface area contributed by atoms with Crippen LogP contribution in [0.15, 0.2) is 28.6 Å². The molecule has 6 nitrogen and oxygen atoms in total. The molecule has 1 N–H and O–H groups in total. The average Bonchev–Trinajstić information content (AvgIpc) is 2.83. The summed E-state index contributed by atoms with van der Waals surface area (Å²) in [4.78, 5) is 15.1. The highest BCUT2D eigenvalue weighted by Gasteiger charge is 2.27. The van der Waals surface area contributed by atoms with E-state index in [1.807, 2.05) is 0 Å². The average molecular weight is 330 g/mol. The van der Waals surface area contributed by atoms with E-state index < -0.39 is 21.8 Å². The number of nitrogens with one attached hydrogen (secondary N) is 1. The van der Waals surface area contributed by atoms with Gasteiger partial charge in [0, 0.05) is 0 Å². The van der Waals surface area contributed by atoms with Gasteiger partial charge in [-0.1, -0.05) is 0 Å². The molecule has 2 aromatic rings. The van der Waals surface area contributed by atoms with E-state index in [1.165, 1.54) is 13.2 Å². The fourth-order valence-electron chi connectivity index (χ4n) is 1.63. The van der Waals surface area contributed by atoms with Crippen molar-refractivity contribution in [3.8, 4) is 0 Å². The van der Waals surface area contributed by atoms with E-state index in [9.17, 15) is 17.6 Å². The molecule has 0 saturated heterocycles. The Bertz CT molecular complexity index is 769. The first-order valence-corrected chi connectivity index (χ1v) is 8.02. The normalized spacial score (nSPS) is 11.2. The van der Waals surface area contributed by atoms with Crippen LogP contribution in [0.3, 0.4) is 0 Å². The molecule has 0 spiro atoms. The maximum absolute atomic E-state index is 12.8. The number of hydrogen-bond acceptors (Lipinski definition) is 6. The van der Waals surface area contributed by atoms with Crippen LogP contribution in [-0.4, -0.2) is 26.5 Å². The molecule has 0 aliphatic heterocycles. The number of pyridine rings is 1. The third kappa shape index (κ3) is 3.19. The minimum Gasteiger partial charge on any atom is -0.465 e. The summed E-state index contributed by atoms with van der Waals surface area (Å²) in [7, 11) is -2.86. The number of rotatable bonds is 4. The zero-order valence-electron chi connectivity index (χ0n) is 11.1. The summed E-state index contributed by atoms with van der Waals surface area (Å²) >= 11 is 0.975. The summed E-state index contributed by atoms with van der Waals surface area (Å²) in [6.45, 7) is 1.57. The van der Waals surface area contributed by atoms with Crippen LogP contribution in [0, 0.1) is 12.7 Å². The number of aryl methyl sites for hydroxylation is 1. The van der Waals surface area contributed by atoms with Crippen molar-refractivity contribution < 1.29 is 22.3 Å².